The van der Waals surface area contributed by atoms with Crippen LogP contribution in [0.5, 0.6) is 0 Å². The lowest BCUT2D eigenvalue weighted by molar-refractivity contribution is -0.123. The summed E-state index contributed by atoms with van der Waals surface area (Å²) in [5.41, 5.74) is 0.491. The maximum Gasteiger partial charge on any atom is 0.223 e. The molecule has 20 heavy (non-hydrogen) atoms. The van der Waals surface area contributed by atoms with E-state index in [0.29, 0.717) is 23.2 Å². The number of hydrogen-bond donors (Lipinski definition) is 1. The lowest BCUT2D eigenvalue weighted by Crippen LogP contribution is -2.39. The number of carbonyl (C=O) groups excluding carboxylic acids is 1. The standard InChI is InChI=1S/C17H26N2O/c1-2-3-4-9-19-10-5-14(6-11-19)13-18-16(20)15-12-17(15)7-8-17/h14-15H,2,5-13H2,1H3,(H,18,20). The van der Waals surface area contributed by atoms with Crippen LogP contribution in [0.2, 0.25) is 0 Å². The van der Waals surface area contributed by atoms with Gasteiger partial charge in [0.25, 0.3) is 0 Å². The molecule has 1 amide bonds. The Labute approximate surface area is 122 Å². The van der Waals surface area contributed by atoms with Crippen molar-refractivity contribution >= 4 is 5.91 Å². The third-order valence-corrected chi connectivity index (χ3v) is 5.28. The van der Waals surface area contributed by atoms with Crippen molar-refractivity contribution in [3.8, 4) is 11.8 Å². The number of hydrogen-bond acceptors (Lipinski definition) is 2. The van der Waals surface area contributed by atoms with Gasteiger partial charge in [0.15, 0.2) is 0 Å². The highest BCUT2D eigenvalue weighted by molar-refractivity contribution is 5.83. The molecule has 110 valence electrons. The predicted molar refractivity (Wildman–Crippen MR) is 80.0 cm³/mol. The van der Waals surface area contributed by atoms with E-state index in [-0.39, 0.29) is 0 Å². The van der Waals surface area contributed by atoms with Crippen LogP contribution in [0, 0.1) is 29.1 Å². The van der Waals surface area contributed by atoms with Crippen LogP contribution in [0.4, 0.5) is 0 Å². The zero-order valence-electron chi connectivity index (χ0n) is 12.6. The molecule has 1 atom stereocenters. The average molecular weight is 274 g/mol. The maximum atomic E-state index is 12.0. The maximum absolute atomic E-state index is 12.0. The van der Waals surface area contributed by atoms with Gasteiger partial charge in [-0.2, -0.15) is 0 Å². The fourth-order valence-corrected chi connectivity index (χ4v) is 3.44. The molecule has 2 saturated carbocycles. The topological polar surface area (TPSA) is 32.3 Å². The van der Waals surface area contributed by atoms with E-state index in [1.807, 2.05) is 0 Å². The fourth-order valence-electron chi connectivity index (χ4n) is 3.44. The molecule has 1 N–H and O–H groups in total. The van der Waals surface area contributed by atoms with Crippen LogP contribution in [0.3, 0.4) is 0 Å². The Bertz CT molecular complexity index is 422. The minimum atomic E-state index is 0.332. The van der Waals surface area contributed by atoms with Gasteiger partial charge in [0, 0.05) is 18.9 Å². The van der Waals surface area contributed by atoms with Gasteiger partial charge in [-0.1, -0.05) is 12.8 Å². The lowest BCUT2D eigenvalue weighted by Gasteiger charge is -2.30. The summed E-state index contributed by atoms with van der Waals surface area (Å²) in [6, 6.07) is 0. The molecule has 3 fully saturated rings. The van der Waals surface area contributed by atoms with Crippen molar-refractivity contribution in [3.05, 3.63) is 0 Å². The number of nitrogens with one attached hydrogen (secondary N) is 1. The minimum absolute atomic E-state index is 0.332. The molecule has 0 radical (unpaired) electrons. The molecule has 0 aromatic heterocycles. The second-order valence-corrected chi connectivity index (χ2v) is 6.79. The first-order valence-corrected chi connectivity index (χ1v) is 8.19. The van der Waals surface area contributed by atoms with E-state index < -0.39 is 0 Å². The fraction of sp³-hybridized carbons (Fsp3) is 0.824. The summed E-state index contributed by atoms with van der Waals surface area (Å²) < 4.78 is 0. The first-order valence-electron chi connectivity index (χ1n) is 8.19. The van der Waals surface area contributed by atoms with Gasteiger partial charge in [-0.15, -0.1) is 5.92 Å². The summed E-state index contributed by atoms with van der Waals surface area (Å²) in [5, 5.41) is 3.19. The molecule has 3 rings (SSSR count). The quantitative estimate of drug-likeness (QED) is 0.796. The SMILES string of the molecule is CCC#CCN1CCC(CNC(=O)C2CC23CC3)CC1. The van der Waals surface area contributed by atoms with Crippen molar-refractivity contribution in [2.24, 2.45) is 17.3 Å². The molecular weight excluding hydrogens is 248 g/mol. The summed E-state index contributed by atoms with van der Waals surface area (Å²) in [4.78, 5) is 14.4. The predicted octanol–water partition coefficient (Wildman–Crippen LogP) is 2.03. The van der Waals surface area contributed by atoms with Crippen molar-refractivity contribution in [1.82, 2.24) is 10.2 Å². The van der Waals surface area contributed by atoms with Crippen molar-refractivity contribution < 1.29 is 4.79 Å². The zero-order valence-corrected chi connectivity index (χ0v) is 12.6. The lowest BCUT2D eigenvalue weighted by atomic mass is 9.96. The van der Waals surface area contributed by atoms with Gasteiger partial charge in [0.1, 0.15) is 0 Å². The Balaban J connectivity index is 1.31. The van der Waals surface area contributed by atoms with E-state index in [0.717, 1.165) is 39.0 Å². The molecule has 1 unspecified atom stereocenters. The molecule has 1 saturated heterocycles. The van der Waals surface area contributed by atoms with Crippen LogP contribution in [0.25, 0.3) is 0 Å². The first-order chi connectivity index (χ1) is 9.73. The van der Waals surface area contributed by atoms with E-state index in [4.69, 9.17) is 0 Å². The third kappa shape index (κ3) is 3.17. The zero-order chi connectivity index (χ0) is 14.0. The van der Waals surface area contributed by atoms with Crippen LogP contribution < -0.4 is 5.32 Å². The normalized spacial score (nSPS) is 27.8. The molecule has 1 spiro atoms. The van der Waals surface area contributed by atoms with E-state index in [9.17, 15) is 4.79 Å². The third-order valence-electron chi connectivity index (χ3n) is 5.28. The molecule has 0 aromatic carbocycles. The molecule has 0 aromatic rings. The van der Waals surface area contributed by atoms with Crippen molar-refractivity contribution in [2.75, 3.05) is 26.2 Å². The van der Waals surface area contributed by atoms with Crippen molar-refractivity contribution in [1.29, 1.82) is 0 Å². The second kappa shape index (κ2) is 5.77. The number of amides is 1. The largest absolute Gasteiger partial charge is 0.356 e. The smallest absolute Gasteiger partial charge is 0.223 e. The molecule has 3 nitrogen and oxygen atoms in total. The van der Waals surface area contributed by atoms with Gasteiger partial charge >= 0.3 is 0 Å². The van der Waals surface area contributed by atoms with Gasteiger partial charge in [0.05, 0.1) is 6.54 Å². The van der Waals surface area contributed by atoms with E-state index in [2.05, 4.69) is 29.0 Å². The number of piperidine rings is 1. The summed E-state index contributed by atoms with van der Waals surface area (Å²) in [7, 11) is 0. The molecule has 3 heteroatoms. The van der Waals surface area contributed by atoms with Gasteiger partial charge in [-0.25, -0.2) is 0 Å². The van der Waals surface area contributed by atoms with Crippen molar-refractivity contribution in [2.45, 2.75) is 45.4 Å². The van der Waals surface area contributed by atoms with Crippen LogP contribution in [0.15, 0.2) is 0 Å². The summed E-state index contributed by atoms with van der Waals surface area (Å²) >= 11 is 0. The van der Waals surface area contributed by atoms with Gasteiger partial charge in [-0.3, -0.25) is 9.69 Å². The van der Waals surface area contributed by atoms with Crippen LogP contribution in [-0.2, 0) is 4.79 Å². The van der Waals surface area contributed by atoms with E-state index in [1.54, 1.807) is 0 Å². The summed E-state index contributed by atoms with van der Waals surface area (Å²) in [6.45, 7) is 6.16. The average Bonchev–Trinajstić information content (AvgIpc) is 3.38. The highest BCUT2D eigenvalue weighted by atomic mass is 16.2. The van der Waals surface area contributed by atoms with Gasteiger partial charge in [0.2, 0.25) is 5.91 Å². The highest BCUT2D eigenvalue weighted by Crippen LogP contribution is 2.70. The Morgan fingerprint density at radius 3 is 2.65 bits per heavy atom. The molecule has 1 aliphatic heterocycles. The molecule has 3 aliphatic rings. The van der Waals surface area contributed by atoms with Crippen LogP contribution >= 0.6 is 0 Å². The number of likely N-dealkylation sites (tertiary alicyclic amines) is 1. The minimum Gasteiger partial charge on any atom is -0.356 e. The van der Waals surface area contributed by atoms with Gasteiger partial charge < -0.3 is 5.32 Å². The Hall–Kier alpha value is -1.01. The number of rotatable bonds is 4. The number of carbonyl (C=O) groups is 1. The summed E-state index contributed by atoms with van der Waals surface area (Å²) in [5.74, 6) is 7.72. The molecule has 1 heterocycles. The van der Waals surface area contributed by atoms with E-state index >= 15 is 0 Å². The Morgan fingerprint density at radius 2 is 2.05 bits per heavy atom. The van der Waals surface area contributed by atoms with Crippen LogP contribution in [-0.4, -0.2) is 37.0 Å². The molecule has 0 bridgehead atoms. The Kier molecular flexibility index (Phi) is 4.03. The molecular formula is C17H26N2O. The number of nitrogens with zero attached hydrogens (tertiary/aromatic N) is 1. The van der Waals surface area contributed by atoms with Crippen molar-refractivity contribution in [3.63, 3.8) is 0 Å². The summed E-state index contributed by atoms with van der Waals surface area (Å²) in [6.07, 6.45) is 7.09. The van der Waals surface area contributed by atoms with E-state index in [1.165, 1.54) is 25.7 Å². The highest BCUT2D eigenvalue weighted by Gasteiger charge is 2.65. The second-order valence-electron chi connectivity index (χ2n) is 6.79. The Morgan fingerprint density at radius 1 is 1.30 bits per heavy atom. The van der Waals surface area contributed by atoms with Crippen LogP contribution in [0.1, 0.15) is 45.4 Å². The monoisotopic (exact) mass is 274 g/mol. The van der Waals surface area contributed by atoms with Gasteiger partial charge in [-0.05, 0) is 56.5 Å². The molecule has 2 aliphatic carbocycles. The first kappa shape index (κ1) is 13.9.